The normalized spacial score (nSPS) is 16.3. The van der Waals surface area contributed by atoms with Crippen molar-refractivity contribution in [1.82, 2.24) is 5.32 Å². The van der Waals surface area contributed by atoms with Crippen molar-refractivity contribution in [3.05, 3.63) is 64.1 Å². The summed E-state index contributed by atoms with van der Waals surface area (Å²) in [5.41, 5.74) is 2.01. The lowest BCUT2D eigenvalue weighted by Crippen LogP contribution is -3.19. The molecule has 0 bridgehead atoms. The Kier molecular flexibility index (Phi) is 6.41. The van der Waals surface area contributed by atoms with Crippen LogP contribution in [0.1, 0.15) is 12.5 Å². The van der Waals surface area contributed by atoms with Gasteiger partial charge in [0.25, 0.3) is 5.91 Å². The van der Waals surface area contributed by atoms with Gasteiger partial charge in [0, 0.05) is 11.6 Å². The first kappa shape index (κ1) is 19.0. The standard InChI is InChI=1S/C20H23Cl2N3O/c1-15(20(26)23-14-16-6-2-3-7-17(16)21)24-10-12-25(13-11-24)19-9-5-4-8-18(19)22/h2-9,15H,10-14H2,1H3,(H,23,26)/p+1/t15-/m0/s1. The van der Waals surface area contributed by atoms with Gasteiger partial charge in [0.05, 0.1) is 36.9 Å². The number of carbonyl (C=O) groups excluding carboxylic acids is 1. The van der Waals surface area contributed by atoms with E-state index in [2.05, 4.69) is 10.2 Å². The van der Waals surface area contributed by atoms with Gasteiger partial charge in [0.15, 0.2) is 6.04 Å². The number of amides is 1. The Morgan fingerprint density at radius 3 is 2.35 bits per heavy atom. The van der Waals surface area contributed by atoms with E-state index in [1.165, 1.54) is 4.90 Å². The van der Waals surface area contributed by atoms with E-state index in [-0.39, 0.29) is 11.9 Å². The highest BCUT2D eigenvalue weighted by Gasteiger charge is 2.29. The maximum absolute atomic E-state index is 12.5. The number of hydrogen-bond acceptors (Lipinski definition) is 2. The number of hydrogen-bond donors (Lipinski definition) is 2. The molecule has 0 unspecified atom stereocenters. The molecule has 6 heteroatoms. The van der Waals surface area contributed by atoms with Gasteiger partial charge in [-0.05, 0) is 30.7 Å². The van der Waals surface area contributed by atoms with Crippen LogP contribution in [-0.2, 0) is 11.3 Å². The first-order valence-corrected chi connectivity index (χ1v) is 9.67. The summed E-state index contributed by atoms with van der Waals surface area (Å²) in [6.45, 7) is 6.05. The first-order chi connectivity index (χ1) is 12.6. The second-order valence-electron chi connectivity index (χ2n) is 6.63. The maximum Gasteiger partial charge on any atom is 0.278 e. The monoisotopic (exact) mass is 392 g/mol. The number of halogens is 2. The predicted octanol–water partition coefficient (Wildman–Crippen LogP) is 2.40. The van der Waals surface area contributed by atoms with Gasteiger partial charge < -0.3 is 15.1 Å². The van der Waals surface area contributed by atoms with Crippen LogP contribution in [0, 0.1) is 0 Å². The molecule has 2 aromatic carbocycles. The molecule has 0 spiro atoms. The molecule has 0 aliphatic carbocycles. The van der Waals surface area contributed by atoms with Crippen LogP contribution in [0.5, 0.6) is 0 Å². The molecule has 1 atom stereocenters. The molecule has 1 heterocycles. The molecule has 138 valence electrons. The Morgan fingerprint density at radius 1 is 1.08 bits per heavy atom. The Labute approximate surface area is 164 Å². The van der Waals surface area contributed by atoms with Gasteiger partial charge in [-0.15, -0.1) is 0 Å². The molecule has 1 aliphatic heterocycles. The average molecular weight is 393 g/mol. The molecule has 2 N–H and O–H groups in total. The average Bonchev–Trinajstić information content (AvgIpc) is 2.67. The highest BCUT2D eigenvalue weighted by molar-refractivity contribution is 6.33. The third kappa shape index (κ3) is 4.50. The van der Waals surface area contributed by atoms with Crippen molar-refractivity contribution < 1.29 is 9.69 Å². The van der Waals surface area contributed by atoms with Gasteiger partial charge >= 0.3 is 0 Å². The van der Waals surface area contributed by atoms with Crippen molar-refractivity contribution in [2.45, 2.75) is 19.5 Å². The Bertz CT molecular complexity index is 760. The number of nitrogens with zero attached hydrogens (tertiary/aromatic N) is 1. The van der Waals surface area contributed by atoms with Crippen molar-refractivity contribution >= 4 is 34.8 Å². The van der Waals surface area contributed by atoms with E-state index in [0.717, 1.165) is 42.5 Å². The molecule has 3 rings (SSSR count). The van der Waals surface area contributed by atoms with E-state index in [0.29, 0.717) is 11.6 Å². The van der Waals surface area contributed by atoms with Gasteiger partial charge in [-0.2, -0.15) is 0 Å². The van der Waals surface area contributed by atoms with Crippen LogP contribution in [0.3, 0.4) is 0 Å². The molecule has 26 heavy (non-hydrogen) atoms. The number of carbonyl (C=O) groups is 1. The van der Waals surface area contributed by atoms with Gasteiger partial charge in [-0.25, -0.2) is 0 Å². The smallest absolute Gasteiger partial charge is 0.278 e. The fourth-order valence-corrected chi connectivity index (χ4v) is 3.80. The molecule has 2 aromatic rings. The minimum absolute atomic E-state index is 0.0612. The van der Waals surface area contributed by atoms with E-state index in [9.17, 15) is 4.79 Å². The molecule has 0 aromatic heterocycles. The fourth-order valence-electron chi connectivity index (χ4n) is 3.34. The van der Waals surface area contributed by atoms with Gasteiger partial charge in [-0.1, -0.05) is 53.5 Å². The Hall–Kier alpha value is -1.75. The summed E-state index contributed by atoms with van der Waals surface area (Å²) in [6.07, 6.45) is 0. The highest BCUT2D eigenvalue weighted by atomic mass is 35.5. The van der Waals surface area contributed by atoms with Crippen molar-refractivity contribution in [2.24, 2.45) is 0 Å². The molecule has 1 amide bonds. The molecule has 0 radical (unpaired) electrons. The summed E-state index contributed by atoms with van der Waals surface area (Å²) in [4.78, 5) is 16.1. The van der Waals surface area contributed by atoms with E-state index in [1.54, 1.807) is 0 Å². The van der Waals surface area contributed by atoms with E-state index >= 15 is 0 Å². The van der Waals surface area contributed by atoms with Gasteiger partial charge in [0.2, 0.25) is 0 Å². The number of para-hydroxylation sites is 1. The lowest BCUT2D eigenvalue weighted by Gasteiger charge is -2.36. The molecule has 1 fully saturated rings. The van der Waals surface area contributed by atoms with Crippen LogP contribution in [0.2, 0.25) is 10.0 Å². The topological polar surface area (TPSA) is 36.8 Å². The van der Waals surface area contributed by atoms with E-state index in [1.807, 2.05) is 55.5 Å². The summed E-state index contributed by atoms with van der Waals surface area (Å²) >= 11 is 12.4. The minimum Gasteiger partial charge on any atom is -0.359 e. The van der Waals surface area contributed by atoms with Crippen molar-refractivity contribution in [3.63, 3.8) is 0 Å². The van der Waals surface area contributed by atoms with Crippen LogP contribution in [0.25, 0.3) is 0 Å². The van der Waals surface area contributed by atoms with Crippen LogP contribution in [0.4, 0.5) is 5.69 Å². The number of nitrogens with one attached hydrogen (secondary N) is 2. The van der Waals surface area contributed by atoms with Gasteiger partial charge in [-0.3, -0.25) is 4.79 Å². The van der Waals surface area contributed by atoms with E-state index < -0.39 is 0 Å². The SMILES string of the molecule is C[C@@H](C(=O)NCc1ccccc1Cl)[NH+]1CCN(c2ccccc2Cl)CC1. The largest absolute Gasteiger partial charge is 0.359 e. The third-order valence-electron chi connectivity index (χ3n) is 5.02. The second-order valence-corrected chi connectivity index (χ2v) is 7.44. The van der Waals surface area contributed by atoms with Crippen LogP contribution in [0.15, 0.2) is 48.5 Å². The number of rotatable bonds is 5. The number of piperazine rings is 1. The summed E-state index contributed by atoms with van der Waals surface area (Å²) in [7, 11) is 0. The predicted molar refractivity (Wildman–Crippen MR) is 107 cm³/mol. The second kappa shape index (κ2) is 8.76. The number of benzene rings is 2. The number of quaternary nitrogens is 1. The van der Waals surface area contributed by atoms with Crippen LogP contribution < -0.4 is 15.1 Å². The quantitative estimate of drug-likeness (QED) is 0.819. The summed E-state index contributed by atoms with van der Waals surface area (Å²) in [6, 6.07) is 15.4. The zero-order valence-electron chi connectivity index (χ0n) is 14.8. The van der Waals surface area contributed by atoms with Crippen LogP contribution in [-0.4, -0.2) is 38.1 Å². The maximum atomic E-state index is 12.5. The van der Waals surface area contributed by atoms with Gasteiger partial charge in [0.1, 0.15) is 0 Å². The molecule has 4 nitrogen and oxygen atoms in total. The Morgan fingerprint density at radius 2 is 1.69 bits per heavy atom. The summed E-state index contributed by atoms with van der Waals surface area (Å²) in [5.74, 6) is 0.0612. The minimum atomic E-state index is -0.0918. The van der Waals surface area contributed by atoms with Crippen molar-refractivity contribution in [1.29, 1.82) is 0 Å². The zero-order valence-corrected chi connectivity index (χ0v) is 16.4. The van der Waals surface area contributed by atoms with E-state index in [4.69, 9.17) is 23.2 Å². The van der Waals surface area contributed by atoms with Crippen LogP contribution >= 0.6 is 23.2 Å². The lowest BCUT2D eigenvalue weighted by molar-refractivity contribution is -0.914. The molecule has 1 saturated heterocycles. The fraction of sp³-hybridized carbons (Fsp3) is 0.350. The molecular weight excluding hydrogens is 369 g/mol. The summed E-state index contributed by atoms with van der Waals surface area (Å²) < 4.78 is 0. The Balaban J connectivity index is 1.51. The summed E-state index contributed by atoms with van der Waals surface area (Å²) in [5, 5.41) is 4.47. The van der Waals surface area contributed by atoms with Crippen molar-refractivity contribution in [3.8, 4) is 0 Å². The van der Waals surface area contributed by atoms with Crippen molar-refractivity contribution in [2.75, 3.05) is 31.1 Å². The first-order valence-electron chi connectivity index (χ1n) is 8.91. The highest BCUT2D eigenvalue weighted by Crippen LogP contribution is 2.24. The lowest BCUT2D eigenvalue weighted by atomic mass is 10.2. The zero-order chi connectivity index (χ0) is 18.5. The third-order valence-corrected chi connectivity index (χ3v) is 5.70. The molecule has 1 aliphatic rings. The molecular formula is C20H24Cl2N3O+. The number of anilines is 1. The molecule has 0 saturated carbocycles.